The molecule has 0 aliphatic rings. The Bertz CT molecular complexity index is 769. The predicted molar refractivity (Wildman–Crippen MR) is 211 cm³/mol. The molecule has 0 aliphatic heterocycles. The third kappa shape index (κ3) is 34.6. The molecule has 2 unspecified atom stereocenters. The van der Waals surface area contributed by atoms with Gasteiger partial charge in [0.1, 0.15) is 0 Å². The van der Waals surface area contributed by atoms with Crippen LogP contribution >= 0.6 is 0 Å². The highest BCUT2D eigenvalue weighted by molar-refractivity contribution is 5.70. The molecule has 0 saturated heterocycles. The van der Waals surface area contributed by atoms with E-state index in [-0.39, 0.29) is 11.9 Å². The van der Waals surface area contributed by atoms with Crippen molar-refractivity contribution in [3.63, 3.8) is 0 Å². The molecule has 0 radical (unpaired) electrons. The fraction of sp³-hybridized carbons (Fsp3) is 0.860. The van der Waals surface area contributed by atoms with Crippen molar-refractivity contribution < 1.29 is 19.1 Å². The number of rotatable bonds is 38. The van der Waals surface area contributed by atoms with Crippen LogP contribution in [0.3, 0.4) is 0 Å². The van der Waals surface area contributed by atoms with Crippen molar-refractivity contribution in [1.82, 2.24) is 10.6 Å². The monoisotopic (exact) mass is 691 g/mol. The Kier molecular flexibility index (Phi) is 37.8. The Morgan fingerprint density at radius 1 is 0.429 bits per heavy atom. The highest BCUT2D eigenvalue weighted by Gasteiger charge is 2.27. The van der Waals surface area contributed by atoms with Gasteiger partial charge in [-0.15, -0.1) is 0 Å². The van der Waals surface area contributed by atoms with Crippen LogP contribution in [0.25, 0.3) is 0 Å². The molecule has 0 heterocycles. The fourth-order valence-electron chi connectivity index (χ4n) is 6.21. The highest BCUT2D eigenvalue weighted by Crippen LogP contribution is 2.14. The molecular formula is C43H82N2O4. The van der Waals surface area contributed by atoms with Gasteiger partial charge >= 0.3 is 11.9 Å². The van der Waals surface area contributed by atoms with Gasteiger partial charge in [-0.05, 0) is 78.3 Å². The first kappa shape index (κ1) is 47.3. The summed E-state index contributed by atoms with van der Waals surface area (Å²) in [6, 6.07) is 0. The number of carbonyl (C=O) groups excluding carboxylic acids is 2. The number of hydrogen-bond acceptors (Lipinski definition) is 6. The summed E-state index contributed by atoms with van der Waals surface area (Å²) in [5.74, 6) is -0.409. The zero-order valence-electron chi connectivity index (χ0n) is 33.0. The minimum atomic E-state index is -0.503. The lowest BCUT2D eigenvalue weighted by atomic mass is 10.1. The summed E-state index contributed by atoms with van der Waals surface area (Å²) in [6.45, 7) is 5.44. The summed E-state index contributed by atoms with van der Waals surface area (Å²) in [5, 5.41) is 6.21. The van der Waals surface area contributed by atoms with Crippen molar-refractivity contribution in [2.75, 3.05) is 27.2 Å². The molecule has 6 nitrogen and oxygen atoms in total. The van der Waals surface area contributed by atoms with Crippen LogP contribution in [0, 0.1) is 0 Å². The van der Waals surface area contributed by atoms with Crippen LogP contribution in [0.2, 0.25) is 0 Å². The van der Waals surface area contributed by atoms with Gasteiger partial charge < -0.3 is 20.1 Å². The molecule has 0 rings (SSSR count). The lowest BCUT2D eigenvalue weighted by Gasteiger charge is -2.27. The number of nitrogens with one attached hydrogen (secondary N) is 2. The number of unbranched alkanes of at least 4 members (excludes halogenated alkanes) is 23. The second-order valence-electron chi connectivity index (χ2n) is 14.2. The van der Waals surface area contributed by atoms with Crippen molar-refractivity contribution in [2.45, 2.75) is 212 Å². The van der Waals surface area contributed by atoms with E-state index >= 15 is 0 Å². The van der Waals surface area contributed by atoms with E-state index in [4.69, 9.17) is 9.47 Å². The van der Waals surface area contributed by atoms with E-state index in [1.807, 2.05) is 14.1 Å². The van der Waals surface area contributed by atoms with Gasteiger partial charge in [-0.25, -0.2) is 0 Å². The number of hydrogen-bond donors (Lipinski definition) is 2. The average molecular weight is 691 g/mol. The normalized spacial score (nSPS) is 13.0. The maximum Gasteiger partial charge on any atom is 0.306 e. The Labute approximate surface area is 304 Å². The number of allylic oxidation sites excluding steroid dienone is 4. The van der Waals surface area contributed by atoms with Crippen LogP contribution < -0.4 is 10.6 Å². The van der Waals surface area contributed by atoms with E-state index < -0.39 is 12.2 Å². The zero-order valence-corrected chi connectivity index (χ0v) is 33.0. The third-order valence-corrected chi connectivity index (χ3v) is 9.33. The molecule has 2 atom stereocenters. The molecule has 0 fully saturated rings. The average Bonchev–Trinajstić information content (AvgIpc) is 3.09. The molecular weight excluding hydrogens is 608 g/mol. The quantitative estimate of drug-likeness (QED) is 0.0381. The van der Waals surface area contributed by atoms with E-state index in [0.29, 0.717) is 25.9 Å². The predicted octanol–water partition coefficient (Wildman–Crippen LogP) is 11.7. The first-order chi connectivity index (χ1) is 24.1. The van der Waals surface area contributed by atoms with Gasteiger partial charge in [0.25, 0.3) is 0 Å². The molecule has 0 aliphatic carbocycles. The smallest absolute Gasteiger partial charge is 0.306 e. The van der Waals surface area contributed by atoms with Crippen LogP contribution in [0.4, 0.5) is 0 Å². The molecule has 288 valence electrons. The van der Waals surface area contributed by atoms with E-state index in [9.17, 15) is 9.59 Å². The summed E-state index contributed by atoms with van der Waals surface area (Å²) in [4.78, 5) is 25.3. The van der Waals surface area contributed by atoms with E-state index in [1.54, 1.807) is 0 Å². The lowest BCUT2D eigenvalue weighted by molar-refractivity contribution is -0.167. The maximum absolute atomic E-state index is 12.7. The van der Waals surface area contributed by atoms with Crippen molar-refractivity contribution >= 4 is 11.9 Å². The summed E-state index contributed by atoms with van der Waals surface area (Å²) in [5.41, 5.74) is 0. The van der Waals surface area contributed by atoms with Crippen LogP contribution in [0.5, 0.6) is 0 Å². The standard InChI is InChI=1S/C43H82N2O4/c1-5-7-9-11-13-15-17-19-21-23-25-27-29-31-33-35-37-43(47)49-41(39-45-4)40(38-44-3)48-42(46)36-34-32-30-28-26-24-22-20-18-16-14-12-10-8-6-2/h19-22,40-41,44-45H,5-18,23-39H2,1-4H3/b21-19-,22-20-. The Balaban J connectivity index is 4.02. The van der Waals surface area contributed by atoms with Gasteiger partial charge in [0.2, 0.25) is 0 Å². The molecule has 0 spiro atoms. The van der Waals surface area contributed by atoms with Crippen molar-refractivity contribution in [3.8, 4) is 0 Å². The summed E-state index contributed by atoms with van der Waals surface area (Å²) in [6.07, 6.45) is 42.6. The van der Waals surface area contributed by atoms with E-state index in [1.165, 1.54) is 128 Å². The van der Waals surface area contributed by atoms with Crippen LogP contribution in [-0.4, -0.2) is 51.3 Å². The van der Waals surface area contributed by atoms with Gasteiger partial charge in [0.05, 0.1) is 0 Å². The zero-order chi connectivity index (χ0) is 35.9. The molecule has 2 N–H and O–H groups in total. The fourth-order valence-corrected chi connectivity index (χ4v) is 6.21. The summed E-state index contributed by atoms with van der Waals surface area (Å²) in [7, 11) is 3.66. The minimum Gasteiger partial charge on any atom is -0.457 e. The summed E-state index contributed by atoms with van der Waals surface area (Å²) >= 11 is 0. The van der Waals surface area contributed by atoms with Crippen LogP contribution in [-0.2, 0) is 19.1 Å². The second-order valence-corrected chi connectivity index (χ2v) is 14.2. The lowest BCUT2D eigenvalue weighted by Crippen LogP contribution is -2.46. The molecule has 0 saturated carbocycles. The van der Waals surface area contributed by atoms with Gasteiger partial charge in [-0.2, -0.15) is 0 Å². The van der Waals surface area contributed by atoms with Crippen molar-refractivity contribution in [3.05, 3.63) is 24.3 Å². The molecule has 0 bridgehead atoms. The Hall–Kier alpha value is -1.66. The van der Waals surface area contributed by atoms with Gasteiger partial charge in [0, 0.05) is 25.9 Å². The van der Waals surface area contributed by atoms with Crippen molar-refractivity contribution in [1.29, 1.82) is 0 Å². The second kappa shape index (κ2) is 39.1. The molecule has 6 heteroatoms. The van der Waals surface area contributed by atoms with E-state index in [2.05, 4.69) is 48.8 Å². The first-order valence-corrected chi connectivity index (χ1v) is 21.1. The number of likely N-dealkylation sites (N-methyl/N-ethyl adjacent to an activating group) is 2. The molecule has 0 aromatic carbocycles. The van der Waals surface area contributed by atoms with Gasteiger partial charge in [-0.3, -0.25) is 9.59 Å². The van der Waals surface area contributed by atoms with Crippen molar-refractivity contribution in [2.24, 2.45) is 0 Å². The molecule has 49 heavy (non-hydrogen) atoms. The minimum absolute atomic E-state index is 0.204. The Morgan fingerprint density at radius 2 is 0.694 bits per heavy atom. The topological polar surface area (TPSA) is 76.7 Å². The molecule has 0 aromatic rings. The van der Waals surface area contributed by atoms with Gasteiger partial charge in [-0.1, -0.05) is 147 Å². The van der Waals surface area contributed by atoms with Crippen LogP contribution in [0.15, 0.2) is 24.3 Å². The maximum atomic E-state index is 12.7. The number of ether oxygens (including phenoxy) is 2. The Morgan fingerprint density at radius 3 is 0.980 bits per heavy atom. The molecule has 0 amide bonds. The summed E-state index contributed by atoms with van der Waals surface area (Å²) < 4.78 is 11.7. The van der Waals surface area contributed by atoms with Crippen LogP contribution in [0.1, 0.15) is 200 Å². The van der Waals surface area contributed by atoms with E-state index in [0.717, 1.165) is 44.9 Å². The first-order valence-electron chi connectivity index (χ1n) is 21.1. The SMILES string of the molecule is CCCCCCCC/C=C\CCCCCCCCC(=O)OC(CNC)C(CNC)OC(=O)CCCCCCC/C=C\CCCCCCCC. The number of esters is 2. The molecule has 0 aromatic heterocycles. The van der Waals surface area contributed by atoms with Gasteiger partial charge in [0.15, 0.2) is 12.2 Å². The number of carbonyl (C=O) groups is 2. The highest BCUT2D eigenvalue weighted by atomic mass is 16.6. The largest absolute Gasteiger partial charge is 0.457 e. The third-order valence-electron chi connectivity index (χ3n) is 9.33.